The zero-order valence-electron chi connectivity index (χ0n) is 9.77. The molecule has 0 aromatic heterocycles. The van der Waals surface area contributed by atoms with E-state index in [2.05, 4.69) is 15.9 Å². The van der Waals surface area contributed by atoms with Gasteiger partial charge in [-0.25, -0.2) is 4.39 Å². The molecule has 0 aliphatic carbocycles. The van der Waals surface area contributed by atoms with Crippen molar-refractivity contribution in [2.24, 2.45) is 0 Å². The summed E-state index contributed by atoms with van der Waals surface area (Å²) in [6, 6.07) is 13.2. The summed E-state index contributed by atoms with van der Waals surface area (Å²) in [7, 11) is -1.32. The van der Waals surface area contributed by atoms with Crippen molar-refractivity contribution < 1.29 is 8.60 Å². The van der Waals surface area contributed by atoms with Gasteiger partial charge in [0.05, 0.1) is 28.2 Å². The van der Waals surface area contributed by atoms with E-state index in [1.54, 1.807) is 18.2 Å². The highest BCUT2D eigenvalue weighted by Crippen LogP contribution is 2.19. The molecule has 0 aliphatic heterocycles. The van der Waals surface area contributed by atoms with Gasteiger partial charge in [-0.05, 0) is 30.3 Å². The fraction of sp³-hybridized carbons (Fsp3) is 0.0714. The number of hydrogen-bond donors (Lipinski definition) is 0. The van der Waals surface area contributed by atoms with Crippen LogP contribution in [0.4, 0.5) is 4.39 Å². The number of halogens is 2. The molecule has 0 saturated carbocycles. The lowest BCUT2D eigenvalue weighted by Gasteiger charge is -2.05. The SMILES string of the molecule is N#Cc1ccc(CS(=O)c2cccc(Br)c2)c(F)c1. The Balaban J connectivity index is 2.22. The molecule has 1 atom stereocenters. The molecule has 0 radical (unpaired) electrons. The van der Waals surface area contributed by atoms with Crippen LogP contribution in [0.3, 0.4) is 0 Å². The quantitative estimate of drug-likeness (QED) is 0.855. The summed E-state index contributed by atoms with van der Waals surface area (Å²) in [6.07, 6.45) is 0. The Morgan fingerprint density at radius 2 is 2.05 bits per heavy atom. The third-order valence-electron chi connectivity index (χ3n) is 2.53. The Morgan fingerprint density at radius 1 is 1.26 bits per heavy atom. The molecule has 2 rings (SSSR count). The van der Waals surface area contributed by atoms with Crippen molar-refractivity contribution in [1.82, 2.24) is 0 Å². The summed E-state index contributed by atoms with van der Waals surface area (Å²) < 4.78 is 26.7. The maximum atomic E-state index is 13.7. The van der Waals surface area contributed by atoms with Crippen molar-refractivity contribution in [2.75, 3.05) is 0 Å². The summed E-state index contributed by atoms with van der Waals surface area (Å²) in [5.74, 6) is -0.407. The summed E-state index contributed by atoms with van der Waals surface area (Å²) in [6.45, 7) is 0. The average molecular weight is 338 g/mol. The normalized spacial score (nSPS) is 11.8. The van der Waals surface area contributed by atoms with Crippen LogP contribution in [0.2, 0.25) is 0 Å². The molecule has 0 amide bonds. The first kappa shape index (κ1) is 13.9. The van der Waals surface area contributed by atoms with Gasteiger partial charge in [0.15, 0.2) is 0 Å². The smallest absolute Gasteiger partial charge is 0.128 e. The molecule has 19 heavy (non-hydrogen) atoms. The van der Waals surface area contributed by atoms with Gasteiger partial charge in [-0.1, -0.05) is 28.1 Å². The monoisotopic (exact) mass is 337 g/mol. The molecule has 0 spiro atoms. The largest absolute Gasteiger partial charge is 0.254 e. The van der Waals surface area contributed by atoms with Crippen LogP contribution >= 0.6 is 15.9 Å². The lowest BCUT2D eigenvalue weighted by Crippen LogP contribution is -1.99. The number of rotatable bonds is 3. The highest BCUT2D eigenvalue weighted by Gasteiger charge is 2.10. The average Bonchev–Trinajstić information content (AvgIpc) is 2.41. The van der Waals surface area contributed by atoms with Crippen molar-refractivity contribution in [3.63, 3.8) is 0 Å². The van der Waals surface area contributed by atoms with E-state index in [0.29, 0.717) is 10.5 Å². The van der Waals surface area contributed by atoms with Crippen LogP contribution in [0.5, 0.6) is 0 Å². The minimum atomic E-state index is -1.32. The second-order valence-electron chi connectivity index (χ2n) is 3.87. The van der Waals surface area contributed by atoms with Gasteiger partial charge in [0.1, 0.15) is 5.82 Å². The predicted molar refractivity (Wildman–Crippen MR) is 75.4 cm³/mol. The van der Waals surface area contributed by atoms with Gasteiger partial charge >= 0.3 is 0 Å². The third-order valence-corrected chi connectivity index (χ3v) is 4.37. The zero-order valence-corrected chi connectivity index (χ0v) is 12.2. The minimum absolute atomic E-state index is 0.0913. The van der Waals surface area contributed by atoms with Crippen LogP contribution in [0.15, 0.2) is 51.8 Å². The Hall–Kier alpha value is -1.51. The fourth-order valence-electron chi connectivity index (χ4n) is 1.57. The first-order chi connectivity index (χ1) is 9.10. The molecule has 2 nitrogen and oxygen atoms in total. The van der Waals surface area contributed by atoms with E-state index < -0.39 is 16.6 Å². The Bertz CT molecular complexity index is 681. The van der Waals surface area contributed by atoms with Gasteiger partial charge in [0.2, 0.25) is 0 Å². The molecule has 5 heteroatoms. The highest BCUT2D eigenvalue weighted by atomic mass is 79.9. The van der Waals surface area contributed by atoms with Crippen LogP contribution in [0.1, 0.15) is 11.1 Å². The van der Waals surface area contributed by atoms with Gasteiger partial charge in [-0.3, -0.25) is 4.21 Å². The molecule has 0 bridgehead atoms. The van der Waals surface area contributed by atoms with E-state index in [0.717, 1.165) is 10.5 Å². The maximum absolute atomic E-state index is 13.7. The second-order valence-corrected chi connectivity index (χ2v) is 6.23. The van der Waals surface area contributed by atoms with E-state index >= 15 is 0 Å². The van der Waals surface area contributed by atoms with Gasteiger partial charge in [0, 0.05) is 14.9 Å². The minimum Gasteiger partial charge on any atom is -0.254 e. The van der Waals surface area contributed by atoms with E-state index in [4.69, 9.17) is 5.26 Å². The van der Waals surface area contributed by atoms with Crippen LogP contribution in [0, 0.1) is 17.1 Å². The first-order valence-electron chi connectivity index (χ1n) is 5.42. The number of benzene rings is 2. The van der Waals surface area contributed by atoms with Gasteiger partial charge in [0.25, 0.3) is 0 Å². The van der Waals surface area contributed by atoms with Crippen LogP contribution in [-0.4, -0.2) is 4.21 Å². The molecule has 1 unspecified atom stereocenters. The Kier molecular flexibility index (Phi) is 4.46. The Morgan fingerprint density at radius 3 is 2.68 bits per heavy atom. The summed E-state index contributed by atoms with van der Waals surface area (Å²) in [5.41, 5.74) is 0.604. The topological polar surface area (TPSA) is 40.9 Å². The van der Waals surface area contributed by atoms with Crippen LogP contribution in [-0.2, 0) is 16.6 Å². The summed E-state index contributed by atoms with van der Waals surface area (Å²) >= 11 is 3.30. The highest BCUT2D eigenvalue weighted by molar-refractivity contribution is 9.10. The molecule has 96 valence electrons. The zero-order chi connectivity index (χ0) is 13.8. The number of nitriles is 1. The van der Waals surface area contributed by atoms with E-state index in [-0.39, 0.29) is 11.3 Å². The molecule has 2 aromatic carbocycles. The van der Waals surface area contributed by atoms with Gasteiger partial charge < -0.3 is 0 Å². The van der Waals surface area contributed by atoms with Crippen LogP contribution < -0.4 is 0 Å². The molecular formula is C14H9BrFNOS. The molecule has 2 aromatic rings. The molecule has 0 fully saturated rings. The molecule has 0 heterocycles. The lowest BCUT2D eigenvalue weighted by molar-refractivity contribution is 0.614. The summed E-state index contributed by atoms with van der Waals surface area (Å²) in [5, 5.41) is 8.66. The third kappa shape index (κ3) is 3.49. The first-order valence-corrected chi connectivity index (χ1v) is 7.54. The van der Waals surface area contributed by atoms with Crippen molar-refractivity contribution in [3.05, 3.63) is 63.9 Å². The molecular weight excluding hydrogens is 329 g/mol. The Labute approximate surface area is 121 Å². The standard InChI is InChI=1S/C14H9BrFNOS/c15-12-2-1-3-13(7-12)19(18)9-11-5-4-10(8-17)6-14(11)16/h1-7H,9H2. The number of hydrogen-bond acceptors (Lipinski definition) is 2. The van der Waals surface area contributed by atoms with Crippen molar-refractivity contribution in [3.8, 4) is 6.07 Å². The molecule has 0 N–H and O–H groups in total. The van der Waals surface area contributed by atoms with Gasteiger partial charge in [-0.15, -0.1) is 0 Å². The molecule has 0 aliphatic rings. The lowest BCUT2D eigenvalue weighted by atomic mass is 10.1. The van der Waals surface area contributed by atoms with E-state index in [9.17, 15) is 8.60 Å². The fourth-order valence-corrected chi connectivity index (χ4v) is 3.29. The van der Waals surface area contributed by atoms with E-state index in [1.165, 1.54) is 12.1 Å². The summed E-state index contributed by atoms with van der Waals surface area (Å²) in [4.78, 5) is 0.637. The maximum Gasteiger partial charge on any atom is 0.128 e. The predicted octanol–water partition coefficient (Wildman–Crippen LogP) is 3.77. The number of nitrogens with zero attached hydrogens (tertiary/aromatic N) is 1. The van der Waals surface area contributed by atoms with Crippen molar-refractivity contribution >= 4 is 26.7 Å². The molecule has 0 saturated heterocycles. The van der Waals surface area contributed by atoms with Crippen LogP contribution in [0.25, 0.3) is 0 Å². The van der Waals surface area contributed by atoms with Crippen molar-refractivity contribution in [1.29, 1.82) is 5.26 Å². The second kappa shape index (κ2) is 6.09. The van der Waals surface area contributed by atoms with Crippen molar-refractivity contribution in [2.45, 2.75) is 10.6 Å². The van der Waals surface area contributed by atoms with E-state index in [1.807, 2.05) is 12.1 Å². The van der Waals surface area contributed by atoms with Gasteiger partial charge in [-0.2, -0.15) is 5.26 Å².